The molecular formula is C23H20ClNO2. The number of benzene rings is 2. The molecule has 3 nitrogen and oxygen atoms in total. The molecule has 2 aliphatic rings. The summed E-state index contributed by atoms with van der Waals surface area (Å²) in [6.45, 7) is 3.88. The van der Waals surface area contributed by atoms with Gasteiger partial charge in [0.05, 0.1) is 0 Å². The Morgan fingerprint density at radius 3 is 2.48 bits per heavy atom. The number of carbonyl (C=O) groups excluding carboxylic acids is 1. The van der Waals surface area contributed by atoms with Crippen molar-refractivity contribution in [2.75, 3.05) is 11.9 Å². The monoisotopic (exact) mass is 377 g/mol. The second kappa shape index (κ2) is 6.75. The van der Waals surface area contributed by atoms with E-state index in [1.54, 1.807) is 6.08 Å². The van der Waals surface area contributed by atoms with E-state index in [0.717, 1.165) is 33.6 Å². The molecule has 0 saturated carbocycles. The number of hydrogen-bond acceptors (Lipinski definition) is 3. The third-order valence-corrected chi connectivity index (χ3v) is 5.30. The molecule has 4 rings (SSSR count). The molecule has 0 bridgehead atoms. The van der Waals surface area contributed by atoms with E-state index in [0.29, 0.717) is 10.8 Å². The van der Waals surface area contributed by atoms with Crippen LogP contribution in [-0.4, -0.2) is 13.0 Å². The number of fused-ring (bicyclic) bond motifs is 2. The Hall–Kier alpha value is -2.78. The zero-order valence-corrected chi connectivity index (χ0v) is 16.2. The third-order valence-electron chi connectivity index (χ3n) is 5.07. The van der Waals surface area contributed by atoms with Gasteiger partial charge in [0, 0.05) is 23.5 Å². The molecule has 0 radical (unpaired) electrons. The van der Waals surface area contributed by atoms with Crippen molar-refractivity contribution in [1.82, 2.24) is 0 Å². The zero-order chi connectivity index (χ0) is 19.1. The lowest BCUT2D eigenvalue weighted by Gasteiger charge is -2.34. The molecule has 2 aromatic rings. The number of nitrogens with zero attached hydrogens (tertiary/aromatic N) is 1. The molecule has 0 amide bonds. The Labute approximate surface area is 164 Å². The highest BCUT2D eigenvalue weighted by atomic mass is 35.5. The number of rotatable bonds is 2. The van der Waals surface area contributed by atoms with Gasteiger partial charge in [-0.1, -0.05) is 48.0 Å². The highest BCUT2D eigenvalue weighted by Gasteiger charge is 2.33. The summed E-state index contributed by atoms with van der Waals surface area (Å²) in [5.41, 5.74) is 5.85. The summed E-state index contributed by atoms with van der Waals surface area (Å²) in [5, 5.41) is 0.539. The average molecular weight is 378 g/mol. The lowest BCUT2D eigenvalue weighted by Crippen LogP contribution is -2.31. The average Bonchev–Trinajstić information content (AvgIpc) is 2.65. The van der Waals surface area contributed by atoms with Gasteiger partial charge in [-0.05, 0) is 60.4 Å². The van der Waals surface area contributed by atoms with Crippen LogP contribution < -0.4 is 9.64 Å². The summed E-state index contributed by atoms with van der Waals surface area (Å²) in [7, 11) is 1.99. The second-order valence-corrected chi connectivity index (χ2v) is 7.35. The number of likely N-dealkylation sites (N-methyl/N-ethyl adjacent to an activating group) is 1. The first-order chi connectivity index (χ1) is 13.0. The number of carbonyl (C=O) groups is 1. The summed E-state index contributed by atoms with van der Waals surface area (Å²) in [6.07, 6.45) is 5.71. The minimum Gasteiger partial charge on any atom is -0.425 e. The molecular weight excluding hydrogens is 358 g/mol. The van der Waals surface area contributed by atoms with E-state index in [2.05, 4.69) is 17.0 Å². The van der Waals surface area contributed by atoms with Gasteiger partial charge in [0.25, 0.3) is 0 Å². The van der Waals surface area contributed by atoms with Gasteiger partial charge in [-0.3, -0.25) is 4.79 Å². The molecule has 1 aliphatic carbocycles. The maximum Gasteiger partial charge on any atom is 0.322 e. The van der Waals surface area contributed by atoms with Crippen molar-refractivity contribution >= 4 is 29.3 Å². The number of hydrogen-bond donors (Lipinski definition) is 0. The molecule has 1 aliphatic heterocycles. The minimum atomic E-state index is -0.549. The van der Waals surface area contributed by atoms with Gasteiger partial charge < -0.3 is 9.64 Å². The fraction of sp³-hybridized carbons (Fsp3) is 0.174. The van der Waals surface area contributed by atoms with Crippen LogP contribution in [0.4, 0.5) is 5.69 Å². The van der Waals surface area contributed by atoms with E-state index >= 15 is 0 Å². The summed E-state index contributed by atoms with van der Waals surface area (Å²) in [5.74, 6) is -0.254. The molecule has 1 atom stereocenters. The van der Waals surface area contributed by atoms with Crippen LogP contribution in [0.25, 0.3) is 6.08 Å². The first-order valence-electron chi connectivity index (χ1n) is 8.87. The predicted octanol–water partition coefficient (Wildman–Crippen LogP) is 5.38. The van der Waals surface area contributed by atoms with Crippen LogP contribution in [-0.2, 0) is 4.79 Å². The minimum absolute atomic E-state index is 0.324. The Balaban J connectivity index is 1.74. The van der Waals surface area contributed by atoms with Gasteiger partial charge in [-0.2, -0.15) is 0 Å². The number of halogens is 1. The van der Waals surface area contributed by atoms with Gasteiger partial charge in [0.15, 0.2) is 0 Å². The quantitative estimate of drug-likeness (QED) is 0.520. The normalized spacial score (nSPS) is 18.0. The van der Waals surface area contributed by atoms with E-state index in [9.17, 15) is 4.79 Å². The predicted molar refractivity (Wildman–Crippen MR) is 110 cm³/mol. The summed E-state index contributed by atoms with van der Waals surface area (Å²) >= 11 is 6.36. The Morgan fingerprint density at radius 2 is 1.74 bits per heavy atom. The number of anilines is 1. The number of aryl methyl sites for hydroxylation is 2. The third kappa shape index (κ3) is 3.08. The first-order valence-corrected chi connectivity index (χ1v) is 9.25. The van der Waals surface area contributed by atoms with Gasteiger partial charge in [-0.25, -0.2) is 0 Å². The SMILES string of the molecule is Cc1cccc(C)c1OC(=O)C1C=C(Cl)C=C2C1=Cc1ccccc1N2C. The fourth-order valence-electron chi connectivity index (χ4n) is 3.66. The molecule has 0 N–H and O–H groups in total. The van der Waals surface area contributed by atoms with E-state index < -0.39 is 5.92 Å². The summed E-state index contributed by atoms with van der Waals surface area (Å²) in [4.78, 5) is 15.1. The molecule has 0 aromatic heterocycles. The van der Waals surface area contributed by atoms with Crippen molar-refractivity contribution in [3.8, 4) is 5.75 Å². The van der Waals surface area contributed by atoms with Gasteiger partial charge >= 0.3 is 5.97 Å². The van der Waals surface area contributed by atoms with Gasteiger partial charge in [0.1, 0.15) is 11.7 Å². The molecule has 2 aromatic carbocycles. The first kappa shape index (κ1) is 17.6. The molecule has 0 fully saturated rings. The lowest BCUT2D eigenvalue weighted by atomic mass is 9.86. The largest absolute Gasteiger partial charge is 0.425 e. The van der Waals surface area contributed by atoms with E-state index in [-0.39, 0.29) is 5.97 Å². The van der Waals surface area contributed by atoms with Crippen LogP contribution in [0.5, 0.6) is 5.75 Å². The molecule has 0 spiro atoms. The standard InChI is InChI=1S/C23H20ClNO2/c1-14-7-6-8-15(2)22(14)27-23(26)19-12-17(24)13-21-18(19)11-16-9-4-5-10-20(16)25(21)3/h4-13,19H,1-3H3. The smallest absolute Gasteiger partial charge is 0.322 e. The summed E-state index contributed by atoms with van der Waals surface area (Å²) in [6, 6.07) is 13.9. The van der Waals surface area contributed by atoms with Crippen LogP contribution in [0, 0.1) is 19.8 Å². The van der Waals surface area contributed by atoms with Crippen LogP contribution in [0.3, 0.4) is 0 Å². The lowest BCUT2D eigenvalue weighted by molar-refractivity contribution is -0.136. The molecule has 1 unspecified atom stereocenters. The van der Waals surface area contributed by atoms with Crippen LogP contribution in [0.1, 0.15) is 16.7 Å². The van der Waals surface area contributed by atoms with E-state index in [4.69, 9.17) is 16.3 Å². The molecule has 1 heterocycles. The fourth-order valence-corrected chi connectivity index (χ4v) is 3.89. The number of allylic oxidation sites excluding steroid dienone is 3. The van der Waals surface area contributed by atoms with Gasteiger partial charge in [-0.15, -0.1) is 0 Å². The number of para-hydroxylation sites is 2. The molecule has 136 valence electrons. The van der Waals surface area contributed by atoms with Crippen LogP contribution in [0.2, 0.25) is 0 Å². The zero-order valence-electron chi connectivity index (χ0n) is 15.5. The van der Waals surface area contributed by atoms with E-state index in [1.165, 1.54) is 0 Å². The Bertz CT molecular complexity index is 1010. The van der Waals surface area contributed by atoms with E-state index in [1.807, 2.05) is 63.4 Å². The van der Waals surface area contributed by atoms with Crippen molar-refractivity contribution in [2.24, 2.45) is 5.92 Å². The van der Waals surface area contributed by atoms with Crippen molar-refractivity contribution in [3.63, 3.8) is 0 Å². The van der Waals surface area contributed by atoms with Crippen molar-refractivity contribution in [2.45, 2.75) is 13.8 Å². The molecule has 4 heteroatoms. The van der Waals surface area contributed by atoms with Gasteiger partial charge in [0.2, 0.25) is 0 Å². The topological polar surface area (TPSA) is 29.5 Å². The van der Waals surface area contributed by atoms with Crippen molar-refractivity contribution in [1.29, 1.82) is 0 Å². The van der Waals surface area contributed by atoms with Crippen LogP contribution >= 0.6 is 11.6 Å². The summed E-state index contributed by atoms with van der Waals surface area (Å²) < 4.78 is 5.81. The molecule has 27 heavy (non-hydrogen) atoms. The number of esters is 1. The molecule has 0 saturated heterocycles. The maximum atomic E-state index is 13.1. The highest BCUT2D eigenvalue weighted by molar-refractivity contribution is 6.31. The second-order valence-electron chi connectivity index (χ2n) is 6.92. The highest BCUT2D eigenvalue weighted by Crippen LogP contribution is 2.41. The van der Waals surface area contributed by atoms with Crippen molar-refractivity contribution < 1.29 is 9.53 Å². The Morgan fingerprint density at radius 1 is 1.04 bits per heavy atom. The van der Waals surface area contributed by atoms with Crippen LogP contribution in [0.15, 0.2) is 70.9 Å². The maximum absolute atomic E-state index is 13.1. The van der Waals surface area contributed by atoms with Crippen molar-refractivity contribution in [3.05, 3.63) is 87.6 Å². The number of ether oxygens (including phenoxy) is 1. The Kier molecular flexibility index (Phi) is 4.40.